The number of amides is 3. The molecule has 0 saturated heterocycles. The Morgan fingerprint density at radius 3 is 1.21 bits per heavy atom. The van der Waals surface area contributed by atoms with Crippen molar-refractivity contribution in [1.29, 1.82) is 0 Å². The first-order chi connectivity index (χ1) is 36.3. The van der Waals surface area contributed by atoms with E-state index < -0.39 is 97.8 Å². The van der Waals surface area contributed by atoms with Gasteiger partial charge in [0.1, 0.15) is 24.9 Å². The highest BCUT2D eigenvalue weighted by Gasteiger charge is 2.63. The Kier molecular flexibility index (Phi) is 48.2. The molecule has 0 fully saturated rings. The van der Waals surface area contributed by atoms with Gasteiger partial charge in [-0.05, 0) is 19.3 Å². The van der Waals surface area contributed by atoms with Crippen molar-refractivity contribution in [1.82, 2.24) is 10.2 Å². The Morgan fingerprint density at radius 1 is 0.520 bits per heavy atom. The number of aliphatic hydroxyl groups is 4. The number of unbranched alkanes of at least 4 members (excludes halogenated alkanes) is 36. The quantitative estimate of drug-likeness (QED) is 0.0130. The standard InChI is InChI=1S/C60H113N3O11S/c1-4-7-10-13-16-19-22-25-28-31-34-37-40-43-53(67)56(70)60(59(73)74-48-50(66)46-64,54(68)44-41-38-35-32-29-26-23-20-17-14-11-8-5-2)63(58(72)52(47-65)62-57(71)51(61)49-75)55(69)45-42-39-36-33-30-27-24-21-18-15-12-9-6-3/h50-53,64-67,75H,4-49,61H2,1-3H3,(H,62,71)/t50-,51-,52-,53?,60-/m0/s1. The number of carbonyl (C=O) groups is 6. The van der Waals surface area contributed by atoms with Gasteiger partial charge in [-0.2, -0.15) is 12.6 Å². The van der Waals surface area contributed by atoms with Crippen molar-refractivity contribution in [2.75, 3.05) is 25.6 Å². The molecular weight excluding hydrogens is 971 g/mol. The van der Waals surface area contributed by atoms with Crippen molar-refractivity contribution >= 4 is 47.9 Å². The van der Waals surface area contributed by atoms with Gasteiger partial charge >= 0.3 is 5.97 Å². The van der Waals surface area contributed by atoms with Crippen LogP contribution in [-0.4, -0.2) is 116 Å². The number of rotatable bonds is 55. The second-order valence-corrected chi connectivity index (χ2v) is 21.9. The molecular formula is C60H113N3O11S. The summed E-state index contributed by atoms with van der Waals surface area (Å²) in [6, 6.07) is -3.20. The highest BCUT2D eigenvalue weighted by molar-refractivity contribution is 7.80. The molecule has 14 nitrogen and oxygen atoms in total. The van der Waals surface area contributed by atoms with Crippen LogP contribution in [0.3, 0.4) is 0 Å². The molecule has 0 aromatic rings. The van der Waals surface area contributed by atoms with Crippen molar-refractivity contribution < 1.29 is 53.9 Å². The van der Waals surface area contributed by atoms with E-state index in [-0.39, 0.29) is 29.9 Å². The molecule has 440 valence electrons. The molecule has 0 rings (SSSR count). The summed E-state index contributed by atoms with van der Waals surface area (Å²) in [4.78, 5) is 88.2. The maximum absolute atomic E-state index is 15.2. The molecule has 7 N–H and O–H groups in total. The van der Waals surface area contributed by atoms with Crippen LogP contribution in [0.4, 0.5) is 0 Å². The van der Waals surface area contributed by atoms with E-state index in [4.69, 9.17) is 10.5 Å². The molecule has 0 radical (unpaired) electrons. The highest BCUT2D eigenvalue weighted by atomic mass is 32.1. The Hall–Kier alpha value is -2.43. The fraction of sp³-hybridized carbons (Fsp3) is 0.900. The minimum atomic E-state index is -3.39. The van der Waals surface area contributed by atoms with Crippen LogP contribution in [0.1, 0.15) is 290 Å². The number of nitrogens with two attached hydrogens (primary N) is 1. The number of Topliss-reactive ketones (excluding diaryl/α,β-unsaturated/α-hetero) is 2. The molecule has 3 amide bonds. The van der Waals surface area contributed by atoms with Gasteiger partial charge in [0, 0.05) is 18.6 Å². The molecule has 0 aliphatic rings. The lowest BCUT2D eigenvalue weighted by Gasteiger charge is -2.40. The summed E-state index contributed by atoms with van der Waals surface area (Å²) in [5, 5.41) is 44.7. The summed E-state index contributed by atoms with van der Waals surface area (Å²) in [7, 11) is 0. The second-order valence-electron chi connectivity index (χ2n) is 21.6. The summed E-state index contributed by atoms with van der Waals surface area (Å²) in [5.74, 6) is -7.88. The summed E-state index contributed by atoms with van der Waals surface area (Å²) in [6.07, 6.45) is 35.2. The Bertz CT molecular complexity index is 1460. The summed E-state index contributed by atoms with van der Waals surface area (Å²) in [5.41, 5.74) is 2.52. The van der Waals surface area contributed by atoms with Gasteiger partial charge in [0.2, 0.25) is 17.6 Å². The lowest BCUT2D eigenvalue weighted by Crippen LogP contribution is -2.73. The largest absolute Gasteiger partial charge is 0.460 e. The molecule has 5 atom stereocenters. The van der Waals surface area contributed by atoms with E-state index in [1.807, 2.05) is 0 Å². The Labute approximate surface area is 461 Å². The number of ketones is 2. The molecule has 0 spiro atoms. The molecule has 0 aromatic carbocycles. The number of carbonyl (C=O) groups excluding carboxylic acids is 6. The van der Waals surface area contributed by atoms with E-state index in [0.29, 0.717) is 25.7 Å². The van der Waals surface area contributed by atoms with Gasteiger partial charge < -0.3 is 36.2 Å². The summed E-state index contributed by atoms with van der Waals surface area (Å²) < 4.78 is 5.42. The van der Waals surface area contributed by atoms with E-state index >= 15 is 9.59 Å². The van der Waals surface area contributed by atoms with Gasteiger partial charge in [-0.15, -0.1) is 0 Å². The zero-order chi connectivity index (χ0) is 55.8. The van der Waals surface area contributed by atoms with Crippen LogP contribution in [0.2, 0.25) is 0 Å². The number of imide groups is 1. The Balaban J connectivity index is 6.74. The Morgan fingerprint density at radius 2 is 0.867 bits per heavy atom. The normalized spacial score (nSPS) is 13.9. The average molecular weight is 1080 g/mol. The first-order valence-corrected chi connectivity index (χ1v) is 31.3. The molecule has 15 heteroatoms. The number of hydrogen-bond acceptors (Lipinski definition) is 13. The second kappa shape index (κ2) is 49.8. The van der Waals surface area contributed by atoms with Gasteiger partial charge in [0.15, 0.2) is 5.78 Å². The summed E-state index contributed by atoms with van der Waals surface area (Å²) in [6.45, 7) is 3.76. The third kappa shape index (κ3) is 33.6. The van der Waals surface area contributed by atoms with Crippen LogP contribution >= 0.6 is 12.6 Å². The molecule has 1 unspecified atom stereocenters. The van der Waals surface area contributed by atoms with Gasteiger partial charge in [-0.3, -0.25) is 24.0 Å². The molecule has 0 bridgehead atoms. The smallest absolute Gasteiger partial charge is 0.348 e. The topological polar surface area (TPSA) is 234 Å². The molecule has 0 saturated carbocycles. The highest BCUT2D eigenvalue weighted by Crippen LogP contribution is 2.31. The van der Waals surface area contributed by atoms with E-state index in [9.17, 15) is 39.6 Å². The van der Waals surface area contributed by atoms with Crippen molar-refractivity contribution in [2.45, 2.75) is 320 Å². The molecule has 0 heterocycles. The number of nitrogens with zero attached hydrogens (tertiary/aromatic N) is 1. The minimum absolute atomic E-state index is 0.148. The molecule has 0 aliphatic heterocycles. The lowest BCUT2D eigenvalue weighted by molar-refractivity contribution is -0.181. The minimum Gasteiger partial charge on any atom is -0.460 e. The van der Waals surface area contributed by atoms with Crippen molar-refractivity contribution in [3.05, 3.63) is 0 Å². The molecule has 0 aliphatic carbocycles. The lowest BCUT2D eigenvalue weighted by atomic mass is 9.79. The van der Waals surface area contributed by atoms with E-state index in [2.05, 4.69) is 38.7 Å². The van der Waals surface area contributed by atoms with E-state index in [0.717, 1.165) is 89.9 Å². The van der Waals surface area contributed by atoms with Gasteiger partial charge in [0.25, 0.3) is 11.4 Å². The van der Waals surface area contributed by atoms with Crippen LogP contribution in [0, 0.1) is 0 Å². The third-order valence-corrected chi connectivity index (χ3v) is 15.1. The SMILES string of the molecule is CCCCCCCCCCCCCCCC(=O)N(C(=O)[C@H](CO)NC(=O)[C@@H](N)CS)[C@](C(=O)CCCCCCCCCCCCCCC)(C(=O)OC[C@@H](O)CO)C(=O)C(O)CCCCCCCCCCCCCCC. The van der Waals surface area contributed by atoms with Crippen LogP contribution in [0.15, 0.2) is 0 Å². The number of nitrogens with one attached hydrogen (secondary N) is 1. The van der Waals surface area contributed by atoms with Crippen LogP contribution in [0.5, 0.6) is 0 Å². The third-order valence-electron chi connectivity index (χ3n) is 14.7. The van der Waals surface area contributed by atoms with Gasteiger partial charge in [-0.25, -0.2) is 9.69 Å². The van der Waals surface area contributed by atoms with Crippen molar-refractivity contribution in [2.24, 2.45) is 5.73 Å². The maximum Gasteiger partial charge on any atom is 0.348 e. The summed E-state index contributed by atoms with van der Waals surface area (Å²) >= 11 is 4.07. The number of ether oxygens (including phenoxy) is 1. The molecule has 0 aromatic heterocycles. The van der Waals surface area contributed by atoms with E-state index in [1.165, 1.54) is 122 Å². The fourth-order valence-electron chi connectivity index (χ4n) is 9.80. The molecule has 75 heavy (non-hydrogen) atoms. The monoisotopic (exact) mass is 1080 g/mol. The maximum atomic E-state index is 15.2. The number of esters is 1. The van der Waals surface area contributed by atoms with Gasteiger partial charge in [0.05, 0.1) is 19.3 Å². The predicted octanol–water partition coefficient (Wildman–Crippen LogP) is 11.7. The van der Waals surface area contributed by atoms with Crippen LogP contribution in [0.25, 0.3) is 0 Å². The fourth-order valence-corrected chi connectivity index (χ4v) is 9.97. The first-order valence-electron chi connectivity index (χ1n) is 30.7. The number of aliphatic hydroxyl groups excluding tert-OH is 4. The zero-order valence-electron chi connectivity index (χ0n) is 48.0. The predicted molar refractivity (Wildman–Crippen MR) is 306 cm³/mol. The van der Waals surface area contributed by atoms with E-state index in [1.54, 1.807) is 0 Å². The zero-order valence-corrected chi connectivity index (χ0v) is 48.8. The number of hydrogen-bond donors (Lipinski definition) is 7. The van der Waals surface area contributed by atoms with Crippen LogP contribution in [-0.2, 0) is 33.5 Å². The number of thiol groups is 1. The average Bonchev–Trinajstić information content (AvgIpc) is 3.41. The van der Waals surface area contributed by atoms with Crippen molar-refractivity contribution in [3.63, 3.8) is 0 Å². The van der Waals surface area contributed by atoms with Crippen LogP contribution < -0.4 is 11.1 Å². The van der Waals surface area contributed by atoms with Crippen molar-refractivity contribution in [3.8, 4) is 0 Å². The van der Waals surface area contributed by atoms with Gasteiger partial charge in [-0.1, -0.05) is 258 Å². The first kappa shape index (κ1) is 72.6.